The maximum Gasteiger partial charge on any atom is 0.246 e. The summed E-state index contributed by atoms with van der Waals surface area (Å²) in [6, 6.07) is 10.6. The van der Waals surface area contributed by atoms with E-state index in [9.17, 15) is 4.79 Å². The second-order valence-corrected chi connectivity index (χ2v) is 7.05. The van der Waals surface area contributed by atoms with Crippen LogP contribution in [0.3, 0.4) is 0 Å². The summed E-state index contributed by atoms with van der Waals surface area (Å²) in [6.07, 6.45) is 0. The zero-order valence-corrected chi connectivity index (χ0v) is 17.4. The van der Waals surface area contributed by atoms with Gasteiger partial charge in [0.05, 0.1) is 19.4 Å². The molecule has 0 aliphatic rings. The monoisotopic (exact) mass is 470 g/mol. The van der Waals surface area contributed by atoms with Crippen LogP contribution in [-0.4, -0.2) is 25.7 Å². The minimum Gasteiger partial charge on any atom is -0.493 e. The van der Waals surface area contributed by atoms with Crippen LogP contribution < -0.4 is 20.1 Å². The van der Waals surface area contributed by atoms with E-state index in [0.717, 1.165) is 14.6 Å². The number of anilines is 2. The highest BCUT2D eigenvalue weighted by molar-refractivity contribution is 9.11. The van der Waals surface area contributed by atoms with Gasteiger partial charge in [0.25, 0.3) is 0 Å². The van der Waals surface area contributed by atoms with E-state index in [4.69, 9.17) is 9.47 Å². The number of hydrogen-bond acceptors (Lipinski definition) is 4. The minimum atomic E-state index is -0.432. The van der Waals surface area contributed by atoms with Crippen molar-refractivity contribution in [2.45, 2.75) is 19.9 Å². The molecular formula is C18H20Br2N2O3. The van der Waals surface area contributed by atoms with Crippen molar-refractivity contribution in [2.24, 2.45) is 0 Å². The first-order chi connectivity index (χ1) is 11.9. The topological polar surface area (TPSA) is 59.6 Å². The van der Waals surface area contributed by atoms with E-state index >= 15 is 0 Å². The van der Waals surface area contributed by atoms with Gasteiger partial charge >= 0.3 is 0 Å². The molecule has 7 heteroatoms. The summed E-state index contributed by atoms with van der Waals surface area (Å²) < 4.78 is 12.6. The van der Waals surface area contributed by atoms with Crippen LogP contribution in [0.4, 0.5) is 11.4 Å². The van der Waals surface area contributed by atoms with E-state index < -0.39 is 6.04 Å². The lowest BCUT2D eigenvalue weighted by Gasteiger charge is -2.17. The normalized spacial score (nSPS) is 11.6. The van der Waals surface area contributed by atoms with Crippen molar-refractivity contribution in [1.82, 2.24) is 0 Å². The molecule has 0 saturated carbocycles. The Hall–Kier alpha value is -1.73. The number of carbonyl (C=O) groups excluding carboxylic acids is 1. The maximum absolute atomic E-state index is 12.4. The van der Waals surface area contributed by atoms with E-state index in [1.165, 1.54) is 0 Å². The molecule has 0 fully saturated rings. The Morgan fingerprint density at radius 2 is 1.92 bits per heavy atom. The van der Waals surface area contributed by atoms with Gasteiger partial charge in [0, 0.05) is 20.7 Å². The molecule has 1 atom stereocenters. The number of nitrogens with one attached hydrogen (secondary N) is 2. The third-order valence-electron chi connectivity index (χ3n) is 3.43. The van der Waals surface area contributed by atoms with Gasteiger partial charge in [-0.1, -0.05) is 15.9 Å². The number of ether oxygens (including phenoxy) is 2. The molecular weight excluding hydrogens is 452 g/mol. The molecule has 2 aromatic rings. The molecule has 0 bridgehead atoms. The molecule has 0 saturated heterocycles. The zero-order valence-electron chi connectivity index (χ0n) is 14.2. The van der Waals surface area contributed by atoms with Crippen molar-refractivity contribution in [3.63, 3.8) is 0 Å². The largest absolute Gasteiger partial charge is 0.493 e. The van der Waals surface area contributed by atoms with Crippen LogP contribution in [0.5, 0.6) is 11.5 Å². The van der Waals surface area contributed by atoms with Crippen molar-refractivity contribution in [1.29, 1.82) is 0 Å². The van der Waals surface area contributed by atoms with Crippen LogP contribution in [-0.2, 0) is 4.79 Å². The summed E-state index contributed by atoms with van der Waals surface area (Å²) in [4.78, 5) is 12.4. The summed E-state index contributed by atoms with van der Waals surface area (Å²) in [7, 11) is 1.59. The van der Waals surface area contributed by atoms with Crippen LogP contribution in [0.1, 0.15) is 13.8 Å². The number of carbonyl (C=O) groups is 1. The van der Waals surface area contributed by atoms with Gasteiger partial charge in [0.2, 0.25) is 5.91 Å². The first-order valence-corrected chi connectivity index (χ1v) is 9.36. The molecule has 0 aliphatic heterocycles. The van der Waals surface area contributed by atoms with Gasteiger partial charge < -0.3 is 20.1 Å². The molecule has 0 aliphatic carbocycles. The van der Waals surface area contributed by atoms with Crippen LogP contribution in [0.2, 0.25) is 0 Å². The van der Waals surface area contributed by atoms with Gasteiger partial charge in [0.1, 0.15) is 6.04 Å². The van der Waals surface area contributed by atoms with Crippen LogP contribution in [0.15, 0.2) is 45.3 Å². The van der Waals surface area contributed by atoms with Gasteiger partial charge in [-0.25, -0.2) is 0 Å². The Morgan fingerprint density at radius 1 is 1.16 bits per heavy atom. The summed E-state index contributed by atoms with van der Waals surface area (Å²) in [5.41, 5.74) is 1.49. The molecule has 25 heavy (non-hydrogen) atoms. The highest BCUT2D eigenvalue weighted by Gasteiger charge is 2.15. The van der Waals surface area contributed by atoms with E-state index in [2.05, 4.69) is 42.5 Å². The Kier molecular flexibility index (Phi) is 7.13. The second kappa shape index (κ2) is 9.10. The Balaban J connectivity index is 2.05. The Labute approximate surface area is 164 Å². The highest BCUT2D eigenvalue weighted by atomic mass is 79.9. The molecule has 0 radical (unpaired) electrons. The fourth-order valence-electron chi connectivity index (χ4n) is 2.18. The summed E-state index contributed by atoms with van der Waals surface area (Å²) in [6.45, 7) is 4.27. The third kappa shape index (κ3) is 5.37. The fourth-order valence-corrected chi connectivity index (χ4v) is 3.33. The average Bonchev–Trinajstić information content (AvgIpc) is 2.58. The number of methoxy groups -OCH3 is 1. The molecule has 0 aromatic heterocycles. The van der Waals surface area contributed by atoms with Gasteiger partial charge in [-0.2, -0.15) is 0 Å². The number of benzene rings is 2. The molecule has 2 N–H and O–H groups in total. The van der Waals surface area contributed by atoms with Gasteiger partial charge in [0.15, 0.2) is 11.5 Å². The second-order valence-electron chi connectivity index (χ2n) is 5.28. The third-order valence-corrected chi connectivity index (χ3v) is 4.58. The average molecular weight is 472 g/mol. The van der Waals surface area contributed by atoms with Gasteiger partial charge in [-0.3, -0.25) is 4.79 Å². The smallest absolute Gasteiger partial charge is 0.246 e. The van der Waals surface area contributed by atoms with Crippen LogP contribution >= 0.6 is 31.9 Å². The molecule has 2 rings (SSSR count). The lowest BCUT2D eigenvalue weighted by Crippen LogP contribution is -2.32. The molecule has 134 valence electrons. The molecule has 2 aromatic carbocycles. The fraction of sp³-hybridized carbons (Fsp3) is 0.278. The SMILES string of the molecule is CCOc1ccc(NC(C)C(=O)Nc2ccc(Br)cc2Br)cc1OC. The summed E-state index contributed by atoms with van der Waals surface area (Å²) in [5, 5.41) is 6.06. The van der Waals surface area contributed by atoms with Gasteiger partial charge in [-0.15, -0.1) is 0 Å². The first kappa shape index (κ1) is 19.6. The van der Waals surface area contributed by atoms with Crippen molar-refractivity contribution in [2.75, 3.05) is 24.4 Å². The lowest BCUT2D eigenvalue weighted by atomic mass is 10.2. The van der Waals surface area contributed by atoms with E-state index in [1.54, 1.807) is 14.0 Å². The number of halogens is 2. The number of amides is 1. The predicted octanol–water partition coefficient (Wildman–Crippen LogP) is 5.06. The first-order valence-electron chi connectivity index (χ1n) is 7.78. The zero-order chi connectivity index (χ0) is 18.4. The maximum atomic E-state index is 12.4. The van der Waals surface area contributed by atoms with E-state index in [-0.39, 0.29) is 5.91 Å². The quantitative estimate of drug-likeness (QED) is 0.592. The van der Waals surface area contributed by atoms with Crippen molar-refractivity contribution in [3.05, 3.63) is 45.3 Å². The van der Waals surface area contributed by atoms with Crippen molar-refractivity contribution >= 4 is 49.1 Å². The summed E-state index contributed by atoms with van der Waals surface area (Å²) in [5.74, 6) is 1.15. The van der Waals surface area contributed by atoms with Gasteiger partial charge in [-0.05, 0) is 60.1 Å². The molecule has 0 spiro atoms. The molecule has 1 amide bonds. The Morgan fingerprint density at radius 3 is 2.56 bits per heavy atom. The van der Waals surface area contributed by atoms with Crippen molar-refractivity contribution < 1.29 is 14.3 Å². The highest BCUT2D eigenvalue weighted by Crippen LogP contribution is 2.30. The minimum absolute atomic E-state index is 0.143. The predicted molar refractivity (Wildman–Crippen MR) is 108 cm³/mol. The van der Waals surface area contributed by atoms with Crippen molar-refractivity contribution in [3.8, 4) is 11.5 Å². The number of rotatable bonds is 7. The Bertz CT molecular complexity index is 753. The molecule has 0 heterocycles. The standard InChI is InChI=1S/C18H20Br2N2O3/c1-4-25-16-8-6-13(10-17(16)24-3)21-11(2)18(23)22-15-7-5-12(19)9-14(15)20/h5-11,21H,4H2,1-3H3,(H,22,23). The lowest BCUT2D eigenvalue weighted by molar-refractivity contribution is -0.116. The molecule has 1 unspecified atom stereocenters. The van der Waals surface area contributed by atoms with Crippen LogP contribution in [0.25, 0.3) is 0 Å². The van der Waals surface area contributed by atoms with E-state index in [1.807, 2.05) is 43.3 Å². The molecule has 5 nitrogen and oxygen atoms in total. The van der Waals surface area contributed by atoms with E-state index in [0.29, 0.717) is 23.8 Å². The summed E-state index contributed by atoms with van der Waals surface area (Å²) >= 11 is 6.83. The van der Waals surface area contributed by atoms with Crippen LogP contribution in [0, 0.1) is 0 Å². The number of hydrogen-bond donors (Lipinski definition) is 2.